The van der Waals surface area contributed by atoms with Crippen LogP contribution in [0.1, 0.15) is 46.1 Å². The minimum atomic E-state index is -0.308. The summed E-state index contributed by atoms with van der Waals surface area (Å²) >= 11 is 0. The van der Waals surface area contributed by atoms with Crippen molar-refractivity contribution in [3.63, 3.8) is 0 Å². The van der Waals surface area contributed by atoms with E-state index in [0.29, 0.717) is 5.56 Å². The van der Waals surface area contributed by atoms with Gasteiger partial charge in [-0.25, -0.2) is 0 Å². The number of rotatable bonds is 5. The lowest BCUT2D eigenvalue weighted by atomic mass is 9.97. The quantitative estimate of drug-likeness (QED) is 0.506. The van der Waals surface area contributed by atoms with E-state index < -0.39 is 0 Å². The molecule has 0 radical (unpaired) electrons. The number of hydrogen-bond donors (Lipinski definition) is 2. The molecule has 5 heteroatoms. The van der Waals surface area contributed by atoms with E-state index in [1.807, 2.05) is 92.0 Å². The first-order chi connectivity index (χ1) is 15.1. The molecule has 3 aromatic carbocycles. The molecule has 1 aliphatic rings. The van der Waals surface area contributed by atoms with E-state index in [-0.39, 0.29) is 30.4 Å². The molecule has 0 aliphatic carbocycles. The van der Waals surface area contributed by atoms with E-state index in [9.17, 15) is 9.59 Å². The van der Waals surface area contributed by atoms with Crippen LogP contribution < -0.4 is 5.32 Å². The minimum absolute atomic E-state index is 0.00510. The molecule has 31 heavy (non-hydrogen) atoms. The Labute approximate surface area is 180 Å². The summed E-state index contributed by atoms with van der Waals surface area (Å²) < 4.78 is 0. The first kappa shape index (κ1) is 19.1. The third-order valence-corrected chi connectivity index (χ3v) is 5.97. The van der Waals surface area contributed by atoms with Gasteiger partial charge in [0.2, 0.25) is 5.91 Å². The van der Waals surface area contributed by atoms with Gasteiger partial charge >= 0.3 is 0 Å². The number of carbonyl (C=O) groups is 2. The number of H-pyrrole nitrogens is 1. The molecule has 154 valence electrons. The van der Waals surface area contributed by atoms with Crippen molar-refractivity contribution < 1.29 is 9.59 Å². The van der Waals surface area contributed by atoms with Crippen LogP contribution in [0.25, 0.3) is 10.9 Å². The Balaban J connectivity index is 1.47. The van der Waals surface area contributed by atoms with Gasteiger partial charge in [-0.2, -0.15) is 0 Å². The monoisotopic (exact) mass is 409 g/mol. The zero-order valence-electron chi connectivity index (χ0n) is 17.2. The van der Waals surface area contributed by atoms with Crippen molar-refractivity contribution in [2.24, 2.45) is 0 Å². The van der Waals surface area contributed by atoms with Crippen LogP contribution in [0, 0.1) is 0 Å². The predicted octanol–water partition coefficient (Wildman–Crippen LogP) is 4.59. The maximum Gasteiger partial charge on any atom is 0.255 e. The molecule has 0 saturated carbocycles. The zero-order valence-corrected chi connectivity index (χ0v) is 17.2. The molecule has 5 rings (SSSR count). The SMILES string of the molecule is C[C@H](NC(=O)CN1C(=O)c2ccccc2[C@@H]1c1c[nH]c2ccccc12)c1ccccc1. The van der Waals surface area contributed by atoms with Crippen molar-refractivity contribution in [2.75, 3.05) is 6.54 Å². The van der Waals surface area contributed by atoms with Gasteiger partial charge in [0, 0.05) is 28.2 Å². The minimum Gasteiger partial charge on any atom is -0.361 e. The summed E-state index contributed by atoms with van der Waals surface area (Å²) in [7, 11) is 0. The van der Waals surface area contributed by atoms with E-state index in [0.717, 1.165) is 27.6 Å². The number of aromatic nitrogens is 1. The number of fused-ring (bicyclic) bond motifs is 2. The van der Waals surface area contributed by atoms with Crippen molar-refractivity contribution in [2.45, 2.75) is 19.0 Å². The second-order valence-electron chi connectivity index (χ2n) is 7.91. The number of carbonyl (C=O) groups excluding carboxylic acids is 2. The highest BCUT2D eigenvalue weighted by molar-refractivity contribution is 6.02. The zero-order chi connectivity index (χ0) is 21.4. The highest BCUT2D eigenvalue weighted by Crippen LogP contribution is 2.40. The molecule has 0 bridgehead atoms. The van der Waals surface area contributed by atoms with Gasteiger partial charge in [-0.15, -0.1) is 0 Å². The summed E-state index contributed by atoms with van der Waals surface area (Å²) in [6.07, 6.45) is 1.95. The van der Waals surface area contributed by atoms with Gasteiger partial charge in [-0.1, -0.05) is 66.7 Å². The molecule has 0 unspecified atom stereocenters. The van der Waals surface area contributed by atoms with E-state index >= 15 is 0 Å². The van der Waals surface area contributed by atoms with Gasteiger partial charge in [0.25, 0.3) is 5.91 Å². The Morgan fingerprint density at radius 1 is 0.968 bits per heavy atom. The number of nitrogens with zero attached hydrogens (tertiary/aromatic N) is 1. The van der Waals surface area contributed by atoms with E-state index in [1.54, 1.807) is 4.90 Å². The Morgan fingerprint density at radius 2 is 1.68 bits per heavy atom. The number of hydrogen-bond acceptors (Lipinski definition) is 2. The van der Waals surface area contributed by atoms with E-state index in [2.05, 4.69) is 10.3 Å². The second-order valence-corrected chi connectivity index (χ2v) is 7.91. The Kier molecular flexibility index (Phi) is 4.79. The van der Waals surface area contributed by atoms with Crippen LogP contribution in [0.3, 0.4) is 0 Å². The maximum absolute atomic E-state index is 13.3. The van der Waals surface area contributed by atoms with Gasteiger partial charge in [0.1, 0.15) is 6.54 Å². The normalized spacial score (nSPS) is 16.4. The second kappa shape index (κ2) is 7.76. The van der Waals surface area contributed by atoms with Crippen molar-refractivity contribution in [1.82, 2.24) is 15.2 Å². The molecule has 1 aliphatic heterocycles. The average molecular weight is 409 g/mol. The van der Waals surface area contributed by atoms with Crippen LogP contribution in [-0.2, 0) is 4.79 Å². The molecule has 2 atom stereocenters. The number of para-hydroxylation sites is 1. The van der Waals surface area contributed by atoms with Crippen LogP contribution in [0.15, 0.2) is 85.1 Å². The lowest BCUT2D eigenvalue weighted by molar-refractivity contribution is -0.122. The predicted molar refractivity (Wildman–Crippen MR) is 121 cm³/mol. The fraction of sp³-hybridized carbons (Fsp3) is 0.154. The molecule has 0 saturated heterocycles. The lowest BCUT2D eigenvalue weighted by Gasteiger charge is -2.26. The van der Waals surface area contributed by atoms with E-state index in [1.165, 1.54) is 0 Å². The van der Waals surface area contributed by atoms with Gasteiger partial charge in [-0.05, 0) is 30.2 Å². The third-order valence-electron chi connectivity index (χ3n) is 5.97. The molecule has 2 amide bonds. The summed E-state index contributed by atoms with van der Waals surface area (Å²) in [6, 6.07) is 25.0. The maximum atomic E-state index is 13.3. The van der Waals surface area contributed by atoms with Gasteiger partial charge < -0.3 is 15.2 Å². The fourth-order valence-electron chi connectivity index (χ4n) is 4.46. The number of benzene rings is 3. The lowest BCUT2D eigenvalue weighted by Crippen LogP contribution is -2.40. The third kappa shape index (κ3) is 3.38. The molecule has 0 fully saturated rings. The molecule has 2 N–H and O–H groups in total. The molecular formula is C26H23N3O2. The van der Waals surface area contributed by atoms with Crippen LogP contribution in [-0.4, -0.2) is 28.2 Å². The van der Waals surface area contributed by atoms with Crippen LogP contribution in [0.4, 0.5) is 0 Å². The molecule has 0 spiro atoms. The Hall–Kier alpha value is -3.86. The summed E-state index contributed by atoms with van der Waals surface area (Å²) in [5, 5.41) is 4.09. The average Bonchev–Trinajstić information content (AvgIpc) is 3.33. The van der Waals surface area contributed by atoms with Gasteiger partial charge in [0.05, 0.1) is 12.1 Å². The highest BCUT2D eigenvalue weighted by Gasteiger charge is 2.39. The van der Waals surface area contributed by atoms with Crippen molar-refractivity contribution in [1.29, 1.82) is 0 Å². The first-order valence-corrected chi connectivity index (χ1v) is 10.4. The van der Waals surface area contributed by atoms with Crippen molar-refractivity contribution in [3.05, 3.63) is 107 Å². The standard InChI is InChI=1S/C26H23N3O2/c1-17(18-9-3-2-4-10-18)28-24(30)16-29-25(20-12-5-6-13-21(20)26(29)31)22-15-27-23-14-8-7-11-19(22)23/h2-15,17,25,27H,16H2,1H3,(H,28,30)/t17-,25+/m0/s1. The van der Waals surface area contributed by atoms with E-state index in [4.69, 9.17) is 0 Å². The molecular weight excluding hydrogens is 386 g/mol. The fourth-order valence-corrected chi connectivity index (χ4v) is 4.46. The Bertz CT molecular complexity index is 1260. The summed E-state index contributed by atoms with van der Waals surface area (Å²) in [6.45, 7) is 1.94. The smallest absolute Gasteiger partial charge is 0.255 e. The number of nitrogens with one attached hydrogen (secondary N) is 2. The molecule has 1 aromatic heterocycles. The first-order valence-electron chi connectivity index (χ1n) is 10.4. The van der Waals surface area contributed by atoms with Gasteiger partial charge in [0.15, 0.2) is 0 Å². The van der Waals surface area contributed by atoms with Crippen LogP contribution in [0.2, 0.25) is 0 Å². The molecule has 4 aromatic rings. The topological polar surface area (TPSA) is 65.2 Å². The van der Waals surface area contributed by atoms with Gasteiger partial charge in [-0.3, -0.25) is 9.59 Å². The number of amides is 2. The summed E-state index contributed by atoms with van der Waals surface area (Å²) in [5.74, 6) is -0.296. The largest absolute Gasteiger partial charge is 0.361 e. The summed E-state index contributed by atoms with van der Waals surface area (Å²) in [4.78, 5) is 31.2. The highest BCUT2D eigenvalue weighted by atomic mass is 16.2. The molecule has 5 nitrogen and oxygen atoms in total. The van der Waals surface area contributed by atoms with Crippen LogP contribution >= 0.6 is 0 Å². The van der Waals surface area contributed by atoms with Crippen molar-refractivity contribution in [3.8, 4) is 0 Å². The summed E-state index contributed by atoms with van der Waals surface area (Å²) in [5.41, 5.74) is 4.62. The van der Waals surface area contributed by atoms with Crippen molar-refractivity contribution >= 4 is 22.7 Å². The van der Waals surface area contributed by atoms with Crippen LogP contribution in [0.5, 0.6) is 0 Å². The Morgan fingerprint density at radius 3 is 2.52 bits per heavy atom. The number of aromatic amines is 1. The molecule has 2 heterocycles.